The third-order valence-corrected chi connectivity index (χ3v) is 4.95. The van der Waals surface area contributed by atoms with E-state index < -0.39 is 5.92 Å². The van der Waals surface area contributed by atoms with Gasteiger partial charge in [0, 0.05) is 32.7 Å². The van der Waals surface area contributed by atoms with E-state index in [2.05, 4.69) is 20.3 Å². The molecule has 2 aromatic rings. The molecule has 1 fully saturated rings. The molecular formula is C20H26N6O3. The lowest BCUT2D eigenvalue weighted by molar-refractivity contribution is -0.126. The summed E-state index contributed by atoms with van der Waals surface area (Å²) in [5.74, 6) is 0.170. The van der Waals surface area contributed by atoms with E-state index in [-0.39, 0.29) is 30.8 Å². The zero-order valence-corrected chi connectivity index (χ0v) is 17.4. The predicted molar refractivity (Wildman–Crippen MR) is 109 cm³/mol. The summed E-state index contributed by atoms with van der Waals surface area (Å²) in [6.45, 7) is 4.52. The molecule has 0 saturated carbocycles. The van der Waals surface area contributed by atoms with Crippen molar-refractivity contribution in [1.29, 1.82) is 0 Å². The Labute approximate surface area is 170 Å². The minimum Gasteiger partial charge on any atom is -0.467 e. The van der Waals surface area contributed by atoms with E-state index in [9.17, 15) is 9.59 Å². The number of hydrogen-bond acceptors (Lipinski definition) is 7. The highest BCUT2D eigenvalue weighted by molar-refractivity contribution is 6.00. The third-order valence-electron chi connectivity index (χ3n) is 4.95. The summed E-state index contributed by atoms with van der Waals surface area (Å²) in [5, 5.41) is 2.83. The van der Waals surface area contributed by atoms with Crippen LogP contribution in [0.2, 0.25) is 0 Å². The van der Waals surface area contributed by atoms with Gasteiger partial charge in [-0.3, -0.25) is 9.59 Å². The summed E-state index contributed by atoms with van der Waals surface area (Å²) < 4.78 is 5.09. The van der Waals surface area contributed by atoms with Gasteiger partial charge in [-0.15, -0.1) is 0 Å². The summed E-state index contributed by atoms with van der Waals surface area (Å²) in [6.07, 6.45) is 0.183. The molecule has 1 saturated heterocycles. The Kier molecular flexibility index (Phi) is 5.95. The highest BCUT2D eigenvalue weighted by Crippen LogP contribution is 2.27. The summed E-state index contributed by atoms with van der Waals surface area (Å²) in [4.78, 5) is 41.1. The van der Waals surface area contributed by atoms with Gasteiger partial charge in [-0.1, -0.05) is 6.07 Å². The summed E-state index contributed by atoms with van der Waals surface area (Å²) in [7, 11) is 5.09. The van der Waals surface area contributed by atoms with Crippen LogP contribution in [0.4, 0.5) is 11.6 Å². The summed E-state index contributed by atoms with van der Waals surface area (Å²) in [6, 6.07) is 6.07. The van der Waals surface area contributed by atoms with E-state index >= 15 is 0 Å². The number of benzene rings is 1. The Morgan fingerprint density at radius 2 is 2.00 bits per heavy atom. The summed E-state index contributed by atoms with van der Waals surface area (Å²) in [5.41, 5.74) is 3.11. The van der Waals surface area contributed by atoms with Gasteiger partial charge in [0.1, 0.15) is 0 Å². The molecule has 1 aromatic heterocycles. The first kappa shape index (κ1) is 20.5. The molecule has 1 atom stereocenters. The van der Waals surface area contributed by atoms with E-state index in [4.69, 9.17) is 4.74 Å². The number of ether oxygens (including phenoxy) is 1. The lowest BCUT2D eigenvalue weighted by Gasteiger charge is -2.18. The van der Waals surface area contributed by atoms with Gasteiger partial charge >= 0.3 is 6.01 Å². The average Bonchev–Trinajstić information content (AvgIpc) is 3.09. The number of methoxy groups -OCH3 is 1. The number of aryl methyl sites for hydroxylation is 2. The molecular weight excluding hydrogens is 372 g/mol. The van der Waals surface area contributed by atoms with Crippen molar-refractivity contribution in [2.24, 2.45) is 5.92 Å². The second-order valence-corrected chi connectivity index (χ2v) is 7.32. The number of nitrogens with zero attached hydrogens (tertiary/aromatic N) is 5. The molecule has 29 heavy (non-hydrogen) atoms. The molecule has 9 heteroatoms. The maximum Gasteiger partial charge on any atom is 0.321 e. The minimum absolute atomic E-state index is 0.0508. The van der Waals surface area contributed by atoms with Gasteiger partial charge in [-0.25, -0.2) is 0 Å². The smallest absolute Gasteiger partial charge is 0.321 e. The fourth-order valence-electron chi connectivity index (χ4n) is 3.09. The van der Waals surface area contributed by atoms with Gasteiger partial charge in [0.2, 0.25) is 17.8 Å². The number of nitrogens with one attached hydrogen (secondary N) is 1. The minimum atomic E-state index is -0.416. The number of aromatic nitrogens is 3. The molecule has 0 radical (unpaired) electrons. The molecule has 1 unspecified atom stereocenters. The first-order valence-electron chi connectivity index (χ1n) is 9.40. The molecule has 0 spiro atoms. The first-order valence-corrected chi connectivity index (χ1v) is 9.40. The lowest BCUT2D eigenvalue weighted by Crippen LogP contribution is -2.33. The van der Waals surface area contributed by atoms with E-state index in [1.807, 2.05) is 46.1 Å². The lowest BCUT2D eigenvalue weighted by atomic mass is 10.1. The van der Waals surface area contributed by atoms with E-state index in [1.54, 1.807) is 9.80 Å². The molecule has 3 rings (SSSR count). The van der Waals surface area contributed by atoms with Crippen LogP contribution in [0, 0.1) is 19.8 Å². The molecule has 1 N–H and O–H groups in total. The molecule has 0 aliphatic carbocycles. The van der Waals surface area contributed by atoms with Crippen LogP contribution < -0.4 is 19.9 Å². The van der Waals surface area contributed by atoms with Gasteiger partial charge in [0.25, 0.3) is 0 Å². The number of anilines is 2. The van der Waals surface area contributed by atoms with Crippen LogP contribution in [-0.2, 0) is 16.1 Å². The largest absolute Gasteiger partial charge is 0.467 e. The number of hydrogen-bond donors (Lipinski definition) is 1. The van der Waals surface area contributed by atoms with Crippen molar-refractivity contribution < 1.29 is 14.3 Å². The average molecular weight is 398 g/mol. The maximum atomic E-state index is 12.6. The quantitative estimate of drug-likeness (QED) is 0.781. The Hall–Kier alpha value is -3.23. The van der Waals surface area contributed by atoms with E-state index in [0.29, 0.717) is 18.3 Å². The van der Waals surface area contributed by atoms with Gasteiger partial charge in [0.15, 0.2) is 5.82 Å². The molecule has 2 heterocycles. The van der Waals surface area contributed by atoms with Crippen molar-refractivity contribution in [3.05, 3.63) is 35.2 Å². The van der Waals surface area contributed by atoms with E-state index in [0.717, 1.165) is 11.3 Å². The Bertz CT molecular complexity index is 930. The third kappa shape index (κ3) is 4.61. The summed E-state index contributed by atoms with van der Waals surface area (Å²) >= 11 is 0. The Morgan fingerprint density at radius 1 is 1.24 bits per heavy atom. The van der Waals surface area contributed by atoms with Crippen molar-refractivity contribution in [2.45, 2.75) is 26.8 Å². The normalized spacial score (nSPS) is 16.1. The molecule has 9 nitrogen and oxygen atoms in total. The standard InChI is InChI=1S/C20H26N6O3/c1-12-6-7-15(8-13(12)2)26-11-14(9-17(26)27)18(28)21-10-16-22-19(25(3)4)24-20(23-16)29-5/h6-8,14H,9-11H2,1-5H3,(H,21,28). The number of carbonyl (C=O) groups is 2. The highest BCUT2D eigenvalue weighted by atomic mass is 16.5. The molecule has 0 bridgehead atoms. The van der Waals surface area contributed by atoms with Gasteiger partial charge in [0.05, 0.1) is 19.6 Å². The molecule has 1 aliphatic rings. The van der Waals surface area contributed by atoms with Gasteiger partial charge < -0.3 is 19.9 Å². The van der Waals surface area contributed by atoms with Crippen molar-refractivity contribution in [3.63, 3.8) is 0 Å². The fraction of sp³-hybridized carbons (Fsp3) is 0.450. The topological polar surface area (TPSA) is 101 Å². The zero-order valence-electron chi connectivity index (χ0n) is 17.4. The van der Waals surface area contributed by atoms with Crippen LogP contribution in [0.1, 0.15) is 23.4 Å². The first-order chi connectivity index (χ1) is 13.8. The number of carbonyl (C=O) groups excluding carboxylic acids is 2. The zero-order chi connectivity index (χ0) is 21.1. The van der Waals surface area contributed by atoms with E-state index in [1.165, 1.54) is 12.7 Å². The van der Waals surface area contributed by atoms with Crippen LogP contribution >= 0.6 is 0 Å². The Balaban J connectivity index is 1.65. The SMILES string of the molecule is COc1nc(CNC(=O)C2CC(=O)N(c3ccc(C)c(C)c3)C2)nc(N(C)C)n1. The van der Waals surface area contributed by atoms with Crippen LogP contribution in [0.15, 0.2) is 18.2 Å². The molecule has 2 amide bonds. The maximum absolute atomic E-state index is 12.6. The molecule has 1 aliphatic heterocycles. The second-order valence-electron chi connectivity index (χ2n) is 7.32. The van der Waals surface area contributed by atoms with Crippen molar-refractivity contribution >= 4 is 23.5 Å². The van der Waals surface area contributed by atoms with Crippen LogP contribution in [-0.4, -0.2) is 54.5 Å². The van der Waals surface area contributed by atoms with Crippen LogP contribution in [0.5, 0.6) is 6.01 Å². The van der Waals surface area contributed by atoms with Crippen LogP contribution in [0.25, 0.3) is 0 Å². The van der Waals surface area contributed by atoms with Gasteiger partial charge in [-0.2, -0.15) is 15.0 Å². The Morgan fingerprint density at radius 3 is 2.66 bits per heavy atom. The highest BCUT2D eigenvalue weighted by Gasteiger charge is 2.35. The second kappa shape index (κ2) is 8.42. The van der Waals surface area contributed by atoms with Crippen molar-refractivity contribution in [1.82, 2.24) is 20.3 Å². The number of amides is 2. The van der Waals surface area contributed by atoms with Crippen molar-refractivity contribution in [3.8, 4) is 6.01 Å². The molecule has 154 valence electrons. The number of rotatable bonds is 6. The van der Waals surface area contributed by atoms with Crippen molar-refractivity contribution in [2.75, 3.05) is 37.5 Å². The fourth-order valence-corrected chi connectivity index (χ4v) is 3.09. The monoisotopic (exact) mass is 398 g/mol. The predicted octanol–water partition coefficient (Wildman–Crippen LogP) is 1.23. The molecule has 1 aromatic carbocycles. The van der Waals surface area contributed by atoms with Crippen LogP contribution in [0.3, 0.4) is 0 Å². The van der Waals surface area contributed by atoms with Gasteiger partial charge in [-0.05, 0) is 37.1 Å².